The molecule has 1 aromatic carbocycles. The van der Waals surface area contributed by atoms with Gasteiger partial charge in [-0.05, 0) is 44.2 Å². The lowest BCUT2D eigenvalue weighted by Gasteiger charge is -2.32. The molecule has 0 aliphatic carbocycles. The minimum Gasteiger partial charge on any atom is -0.350 e. The van der Waals surface area contributed by atoms with Crippen LogP contribution < -0.4 is 10.9 Å². The molecule has 7 nitrogen and oxygen atoms in total. The van der Waals surface area contributed by atoms with E-state index in [0.717, 1.165) is 18.4 Å². The zero-order valence-corrected chi connectivity index (χ0v) is 17.0. The molecular weight excluding hydrogens is 368 g/mol. The molecule has 3 rings (SSSR count). The number of likely N-dealkylation sites (tertiary alicyclic amines) is 1. The van der Waals surface area contributed by atoms with Crippen molar-refractivity contribution in [2.24, 2.45) is 5.92 Å². The van der Waals surface area contributed by atoms with Crippen molar-refractivity contribution in [2.75, 3.05) is 13.1 Å². The number of carbonyl (C=O) groups is 2. The number of benzene rings is 1. The molecule has 2 heterocycles. The number of nitrogens with one attached hydrogen (secondary N) is 1. The molecular formula is C22H28N4O3. The Kier molecular flexibility index (Phi) is 6.80. The minimum absolute atomic E-state index is 0.0227. The molecule has 1 N–H and O–H groups in total. The quantitative estimate of drug-likeness (QED) is 0.810. The summed E-state index contributed by atoms with van der Waals surface area (Å²) in [6.07, 6.45) is 2.04. The van der Waals surface area contributed by atoms with E-state index in [9.17, 15) is 14.4 Å². The number of hydrogen-bond acceptors (Lipinski definition) is 4. The summed E-state index contributed by atoms with van der Waals surface area (Å²) >= 11 is 0. The first-order valence-electron chi connectivity index (χ1n) is 10.1. The van der Waals surface area contributed by atoms with Crippen LogP contribution in [0.15, 0.2) is 47.3 Å². The van der Waals surface area contributed by atoms with Crippen molar-refractivity contribution in [2.45, 2.75) is 45.7 Å². The summed E-state index contributed by atoms with van der Waals surface area (Å²) in [6.45, 7) is 4.93. The van der Waals surface area contributed by atoms with Gasteiger partial charge in [-0.15, -0.1) is 0 Å². The van der Waals surface area contributed by atoms with E-state index in [1.165, 1.54) is 10.7 Å². The summed E-state index contributed by atoms with van der Waals surface area (Å²) in [6, 6.07) is 12.9. The number of aryl methyl sites for hydroxylation is 1. The standard InChI is InChI=1S/C22H28N4O3/c1-16-8-9-21(28)26(24-16)15-22(29)25-12-10-18(11-13-25)14-20(27)23-17(2)19-6-4-3-5-7-19/h3-9,17-18H,10-15H2,1-2H3,(H,23,27). The summed E-state index contributed by atoms with van der Waals surface area (Å²) in [7, 11) is 0. The Morgan fingerprint density at radius 2 is 1.83 bits per heavy atom. The van der Waals surface area contributed by atoms with Crippen LogP contribution in [0.3, 0.4) is 0 Å². The van der Waals surface area contributed by atoms with Gasteiger partial charge in [0, 0.05) is 25.6 Å². The topological polar surface area (TPSA) is 84.3 Å². The summed E-state index contributed by atoms with van der Waals surface area (Å²) in [5, 5.41) is 7.17. The van der Waals surface area contributed by atoms with Gasteiger partial charge in [0.1, 0.15) is 6.54 Å². The molecule has 0 saturated carbocycles. The number of amides is 2. The Labute approximate surface area is 170 Å². The van der Waals surface area contributed by atoms with Crippen molar-refractivity contribution in [3.8, 4) is 0 Å². The second kappa shape index (κ2) is 9.49. The van der Waals surface area contributed by atoms with Crippen molar-refractivity contribution < 1.29 is 9.59 Å². The minimum atomic E-state index is -0.275. The number of hydrogen-bond donors (Lipinski definition) is 1. The van der Waals surface area contributed by atoms with E-state index in [1.54, 1.807) is 17.9 Å². The fraction of sp³-hybridized carbons (Fsp3) is 0.455. The van der Waals surface area contributed by atoms with Crippen LogP contribution in [0.1, 0.15) is 43.5 Å². The van der Waals surface area contributed by atoms with E-state index >= 15 is 0 Å². The number of piperidine rings is 1. The molecule has 0 radical (unpaired) electrons. The molecule has 0 bridgehead atoms. The van der Waals surface area contributed by atoms with Crippen molar-refractivity contribution in [3.05, 3.63) is 64.1 Å². The van der Waals surface area contributed by atoms with Gasteiger partial charge in [0.05, 0.1) is 11.7 Å². The molecule has 1 fully saturated rings. The van der Waals surface area contributed by atoms with Gasteiger partial charge in [-0.25, -0.2) is 4.68 Å². The highest BCUT2D eigenvalue weighted by atomic mass is 16.2. The van der Waals surface area contributed by atoms with Crippen LogP contribution in [0.2, 0.25) is 0 Å². The Morgan fingerprint density at radius 1 is 1.14 bits per heavy atom. The lowest BCUT2D eigenvalue weighted by Crippen LogP contribution is -2.42. The van der Waals surface area contributed by atoms with Gasteiger partial charge in [-0.3, -0.25) is 14.4 Å². The van der Waals surface area contributed by atoms with Crippen LogP contribution in [0.25, 0.3) is 0 Å². The number of rotatable bonds is 6. The Hall–Kier alpha value is -2.96. The third kappa shape index (κ3) is 5.76. The molecule has 7 heteroatoms. The third-order valence-corrected chi connectivity index (χ3v) is 5.40. The predicted molar refractivity (Wildman–Crippen MR) is 110 cm³/mol. The zero-order valence-electron chi connectivity index (χ0n) is 17.0. The molecule has 1 atom stereocenters. The molecule has 154 valence electrons. The fourth-order valence-corrected chi connectivity index (χ4v) is 3.67. The van der Waals surface area contributed by atoms with Crippen LogP contribution in [-0.2, 0) is 16.1 Å². The molecule has 1 saturated heterocycles. The van der Waals surface area contributed by atoms with Crippen LogP contribution in [0, 0.1) is 12.8 Å². The molecule has 1 aliphatic rings. The lowest BCUT2D eigenvalue weighted by atomic mass is 9.93. The van der Waals surface area contributed by atoms with Crippen LogP contribution in [0.4, 0.5) is 0 Å². The lowest BCUT2D eigenvalue weighted by molar-refractivity contribution is -0.133. The first-order valence-corrected chi connectivity index (χ1v) is 10.1. The summed E-state index contributed by atoms with van der Waals surface area (Å²) in [5.41, 5.74) is 1.51. The first-order chi connectivity index (χ1) is 13.9. The molecule has 2 amide bonds. The highest BCUT2D eigenvalue weighted by Crippen LogP contribution is 2.21. The molecule has 1 aromatic heterocycles. The average molecular weight is 396 g/mol. The van der Waals surface area contributed by atoms with E-state index < -0.39 is 0 Å². The Bertz CT molecular complexity index is 902. The van der Waals surface area contributed by atoms with Gasteiger partial charge in [-0.1, -0.05) is 30.3 Å². The predicted octanol–water partition coefficient (Wildman–Crippen LogP) is 2.06. The number of carbonyl (C=O) groups excluding carboxylic acids is 2. The third-order valence-electron chi connectivity index (χ3n) is 5.40. The molecule has 1 unspecified atom stereocenters. The van der Waals surface area contributed by atoms with E-state index in [-0.39, 0.29) is 35.9 Å². The van der Waals surface area contributed by atoms with Crippen molar-refractivity contribution in [1.29, 1.82) is 0 Å². The van der Waals surface area contributed by atoms with Crippen molar-refractivity contribution in [3.63, 3.8) is 0 Å². The van der Waals surface area contributed by atoms with E-state index in [4.69, 9.17) is 0 Å². The Balaban J connectivity index is 1.45. The summed E-state index contributed by atoms with van der Waals surface area (Å²) in [4.78, 5) is 38.5. The van der Waals surface area contributed by atoms with Crippen molar-refractivity contribution >= 4 is 11.8 Å². The monoisotopic (exact) mass is 396 g/mol. The molecule has 0 spiro atoms. The molecule has 29 heavy (non-hydrogen) atoms. The van der Waals surface area contributed by atoms with E-state index in [2.05, 4.69) is 10.4 Å². The first kappa shape index (κ1) is 20.8. The van der Waals surface area contributed by atoms with Gasteiger partial charge in [-0.2, -0.15) is 5.10 Å². The maximum absolute atomic E-state index is 12.5. The van der Waals surface area contributed by atoms with Gasteiger partial charge >= 0.3 is 0 Å². The second-order valence-corrected chi connectivity index (χ2v) is 7.70. The van der Waals surface area contributed by atoms with Crippen LogP contribution >= 0.6 is 0 Å². The number of nitrogens with zero attached hydrogens (tertiary/aromatic N) is 3. The summed E-state index contributed by atoms with van der Waals surface area (Å²) in [5.74, 6) is 0.203. The smallest absolute Gasteiger partial charge is 0.267 e. The van der Waals surface area contributed by atoms with Gasteiger partial charge in [0.15, 0.2) is 0 Å². The summed E-state index contributed by atoms with van der Waals surface area (Å²) < 4.78 is 1.21. The van der Waals surface area contributed by atoms with Gasteiger partial charge < -0.3 is 10.2 Å². The Morgan fingerprint density at radius 3 is 2.52 bits per heavy atom. The SMILES string of the molecule is Cc1ccc(=O)n(CC(=O)N2CCC(CC(=O)NC(C)c3ccccc3)CC2)n1. The fourth-order valence-electron chi connectivity index (χ4n) is 3.67. The van der Waals surface area contributed by atoms with E-state index in [1.807, 2.05) is 37.3 Å². The van der Waals surface area contributed by atoms with Crippen molar-refractivity contribution in [1.82, 2.24) is 20.0 Å². The van der Waals surface area contributed by atoms with Gasteiger partial charge in [0.25, 0.3) is 5.56 Å². The van der Waals surface area contributed by atoms with Crippen LogP contribution in [-0.4, -0.2) is 39.6 Å². The van der Waals surface area contributed by atoms with Gasteiger partial charge in [0.2, 0.25) is 11.8 Å². The van der Waals surface area contributed by atoms with E-state index in [0.29, 0.717) is 25.2 Å². The number of aromatic nitrogens is 2. The zero-order chi connectivity index (χ0) is 20.8. The average Bonchev–Trinajstić information content (AvgIpc) is 2.71. The normalized spacial score (nSPS) is 15.7. The largest absolute Gasteiger partial charge is 0.350 e. The second-order valence-electron chi connectivity index (χ2n) is 7.70. The maximum atomic E-state index is 12.5. The molecule has 2 aromatic rings. The molecule has 1 aliphatic heterocycles. The maximum Gasteiger partial charge on any atom is 0.267 e. The highest BCUT2D eigenvalue weighted by Gasteiger charge is 2.25. The van der Waals surface area contributed by atoms with Crippen LogP contribution in [0.5, 0.6) is 0 Å². The highest BCUT2D eigenvalue weighted by molar-refractivity contribution is 5.77.